The van der Waals surface area contributed by atoms with Crippen molar-refractivity contribution in [1.82, 2.24) is 20.0 Å². The van der Waals surface area contributed by atoms with Crippen LogP contribution in [-0.2, 0) is 6.42 Å². The van der Waals surface area contributed by atoms with Crippen molar-refractivity contribution in [3.63, 3.8) is 0 Å². The molecule has 0 atom stereocenters. The van der Waals surface area contributed by atoms with E-state index in [0.29, 0.717) is 30.0 Å². The Morgan fingerprint density at radius 1 is 1.19 bits per heavy atom. The summed E-state index contributed by atoms with van der Waals surface area (Å²) in [7, 11) is 0. The highest BCUT2D eigenvalue weighted by Gasteiger charge is 2.16. The van der Waals surface area contributed by atoms with Gasteiger partial charge in [-0.25, -0.2) is 4.68 Å². The van der Waals surface area contributed by atoms with Crippen LogP contribution in [0.5, 0.6) is 0 Å². The first-order chi connectivity index (χ1) is 12.6. The van der Waals surface area contributed by atoms with Crippen molar-refractivity contribution in [2.24, 2.45) is 0 Å². The Kier molecular flexibility index (Phi) is 5.13. The maximum atomic E-state index is 9.43. The van der Waals surface area contributed by atoms with E-state index in [4.69, 9.17) is 5.73 Å². The number of nitrogens with two attached hydrogens (primary N) is 1. The van der Waals surface area contributed by atoms with Gasteiger partial charge in [0.25, 0.3) is 0 Å². The molecule has 1 aromatic carbocycles. The number of nitrogens with zero attached hydrogens (tertiary/aromatic N) is 5. The van der Waals surface area contributed by atoms with Gasteiger partial charge in [0.1, 0.15) is 23.3 Å². The van der Waals surface area contributed by atoms with Crippen molar-refractivity contribution in [3.8, 4) is 11.8 Å². The average Bonchev–Trinajstić information content (AvgIpc) is 2.98. The van der Waals surface area contributed by atoms with Crippen molar-refractivity contribution in [2.45, 2.75) is 26.7 Å². The number of nitrogen functional groups attached to an aromatic ring is 1. The third kappa shape index (κ3) is 3.64. The molecule has 26 heavy (non-hydrogen) atoms. The zero-order valence-corrected chi connectivity index (χ0v) is 14.9. The third-order valence-electron chi connectivity index (χ3n) is 4.23. The Balaban J connectivity index is 1.66. The largest absolute Gasteiger partial charge is 0.382 e. The lowest BCUT2D eigenvalue weighted by atomic mass is 10.1. The van der Waals surface area contributed by atoms with E-state index in [9.17, 15) is 5.26 Å². The molecule has 3 aromatic rings. The van der Waals surface area contributed by atoms with E-state index in [1.165, 1.54) is 0 Å². The Hall–Kier alpha value is -3.40. The van der Waals surface area contributed by atoms with Crippen LogP contribution < -0.4 is 11.1 Å². The Labute approximate surface area is 152 Å². The molecule has 0 unspecified atom stereocenters. The summed E-state index contributed by atoms with van der Waals surface area (Å²) in [4.78, 5) is 0. The summed E-state index contributed by atoms with van der Waals surface area (Å²) >= 11 is 0. The fourth-order valence-electron chi connectivity index (χ4n) is 2.65. The van der Waals surface area contributed by atoms with Crippen molar-refractivity contribution in [2.75, 3.05) is 17.6 Å². The molecule has 0 aliphatic heterocycles. The number of aryl methyl sites for hydroxylation is 3. The number of anilines is 2. The van der Waals surface area contributed by atoms with Gasteiger partial charge in [0.2, 0.25) is 0 Å². The average molecular weight is 347 g/mol. The van der Waals surface area contributed by atoms with E-state index in [2.05, 4.69) is 26.7 Å². The monoisotopic (exact) mass is 347 g/mol. The van der Waals surface area contributed by atoms with Gasteiger partial charge in [-0.1, -0.05) is 18.2 Å². The maximum absolute atomic E-state index is 9.43. The van der Waals surface area contributed by atoms with E-state index in [0.717, 1.165) is 29.2 Å². The number of aromatic nitrogens is 4. The molecule has 0 radical (unpaired) electrons. The minimum absolute atomic E-state index is 0.377. The lowest BCUT2D eigenvalue weighted by Crippen LogP contribution is -2.07. The van der Waals surface area contributed by atoms with Gasteiger partial charge >= 0.3 is 0 Å². The second-order valence-electron chi connectivity index (χ2n) is 6.09. The first-order valence-electron chi connectivity index (χ1n) is 8.48. The zero-order chi connectivity index (χ0) is 18.5. The van der Waals surface area contributed by atoms with Gasteiger partial charge in [0.05, 0.1) is 17.1 Å². The van der Waals surface area contributed by atoms with E-state index in [1.54, 1.807) is 4.68 Å². The van der Waals surface area contributed by atoms with Crippen LogP contribution in [0.2, 0.25) is 0 Å². The molecule has 0 fully saturated rings. The van der Waals surface area contributed by atoms with Gasteiger partial charge in [-0.2, -0.15) is 15.5 Å². The van der Waals surface area contributed by atoms with Crippen LogP contribution in [0.25, 0.3) is 5.69 Å². The molecule has 2 heterocycles. The van der Waals surface area contributed by atoms with Gasteiger partial charge in [-0.05, 0) is 50.5 Å². The third-order valence-corrected chi connectivity index (χ3v) is 4.23. The number of hydrogen-bond donors (Lipinski definition) is 2. The molecular formula is C19H21N7. The van der Waals surface area contributed by atoms with Gasteiger partial charge in [0.15, 0.2) is 0 Å². The molecule has 0 spiro atoms. The first-order valence-corrected chi connectivity index (χ1v) is 8.48. The molecule has 3 rings (SSSR count). The van der Waals surface area contributed by atoms with Gasteiger partial charge < -0.3 is 11.1 Å². The Morgan fingerprint density at radius 3 is 2.65 bits per heavy atom. The second kappa shape index (κ2) is 7.66. The topological polar surface area (TPSA) is 105 Å². The predicted octanol–water partition coefficient (Wildman–Crippen LogP) is 2.78. The molecule has 0 bridgehead atoms. The molecule has 7 heteroatoms. The van der Waals surface area contributed by atoms with Crippen LogP contribution in [0.15, 0.2) is 36.4 Å². The Morgan fingerprint density at radius 2 is 1.96 bits per heavy atom. The van der Waals surface area contributed by atoms with Crippen molar-refractivity contribution in [1.29, 1.82) is 5.26 Å². The summed E-state index contributed by atoms with van der Waals surface area (Å²) in [6, 6.07) is 13.7. The van der Waals surface area contributed by atoms with Crippen LogP contribution in [0, 0.1) is 25.2 Å². The first kappa shape index (κ1) is 17.4. The maximum Gasteiger partial charge on any atom is 0.148 e. The molecule has 0 amide bonds. The standard InChI is InChI=1S/C19H21N7/c1-13-11-18(24-23-14(13)2)22-10-6-9-17-16(12-20)19(21)26(25-17)15-7-4-3-5-8-15/h3-5,7-8,11H,6,9-10,21H2,1-2H3,(H,22,24). The number of nitrogens with one attached hydrogen (secondary N) is 1. The summed E-state index contributed by atoms with van der Waals surface area (Å²) in [5, 5.41) is 25.4. The van der Waals surface area contributed by atoms with Crippen LogP contribution in [0.3, 0.4) is 0 Å². The van der Waals surface area contributed by atoms with Crippen LogP contribution >= 0.6 is 0 Å². The summed E-state index contributed by atoms with van der Waals surface area (Å²) in [5.74, 6) is 1.13. The normalized spacial score (nSPS) is 10.5. The molecule has 0 saturated heterocycles. The lowest BCUT2D eigenvalue weighted by Gasteiger charge is -2.06. The molecule has 0 saturated carbocycles. The predicted molar refractivity (Wildman–Crippen MR) is 101 cm³/mol. The molecule has 0 aliphatic rings. The molecule has 7 nitrogen and oxygen atoms in total. The number of benzene rings is 1. The van der Waals surface area contributed by atoms with Gasteiger partial charge in [-0.3, -0.25) is 0 Å². The number of rotatable bonds is 6. The highest BCUT2D eigenvalue weighted by atomic mass is 15.3. The van der Waals surface area contributed by atoms with Crippen molar-refractivity contribution in [3.05, 3.63) is 58.9 Å². The summed E-state index contributed by atoms with van der Waals surface area (Å²) < 4.78 is 1.62. The van der Waals surface area contributed by atoms with Crippen LogP contribution in [0.4, 0.5) is 11.6 Å². The number of hydrogen-bond acceptors (Lipinski definition) is 6. The van der Waals surface area contributed by atoms with E-state index in [1.807, 2.05) is 50.2 Å². The Bertz CT molecular complexity index is 939. The molecule has 3 N–H and O–H groups in total. The van der Waals surface area contributed by atoms with Crippen molar-refractivity contribution < 1.29 is 0 Å². The van der Waals surface area contributed by atoms with Crippen LogP contribution in [0.1, 0.15) is 28.9 Å². The minimum Gasteiger partial charge on any atom is -0.382 e. The fourth-order valence-corrected chi connectivity index (χ4v) is 2.65. The summed E-state index contributed by atoms with van der Waals surface area (Å²) in [5.41, 5.74) is 10.1. The SMILES string of the molecule is Cc1cc(NCCCc2nn(-c3ccccc3)c(N)c2C#N)nnc1C. The molecule has 2 aromatic heterocycles. The fraction of sp³-hybridized carbons (Fsp3) is 0.263. The zero-order valence-electron chi connectivity index (χ0n) is 14.9. The second-order valence-corrected chi connectivity index (χ2v) is 6.09. The minimum atomic E-state index is 0.377. The van der Waals surface area contributed by atoms with E-state index >= 15 is 0 Å². The summed E-state index contributed by atoms with van der Waals surface area (Å²) in [6.45, 7) is 4.65. The van der Waals surface area contributed by atoms with Crippen LogP contribution in [-0.4, -0.2) is 26.5 Å². The molecular weight excluding hydrogens is 326 g/mol. The smallest absolute Gasteiger partial charge is 0.148 e. The number of para-hydroxylation sites is 1. The summed E-state index contributed by atoms with van der Waals surface area (Å²) in [6.07, 6.45) is 1.45. The lowest BCUT2D eigenvalue weighted by molar-refractivity contribution is 0.787. The molecule has 0 aliphatic carbocycles. The highest BCUT2D eigenvalue weighted by molar-refractivity contribution is 5.56. The molecule has 132 valence electrons. The highest BCUT2D eigenvalue weighted by Crippen LogP contribution is 2.21. The van der Waals surface area contributed by atoms with Crippen molar-refractivity contribution >= 4 is 11.6 Å². The van der Waals surface area contributed by atoms with E-state index in [-0.39, 0.29) is 0 Å². The van der Waals surface area contributed by atoms with E-state index < -0.39 is 0 Å². The quantitative estimate of drug-likeness (QED) is 0.664. The van der Waals surface area contributed by atoms with Gasteiger partial charge in [0, 0.05) is 6.54 Å². The van der Waals surface area contributed by atoms with Gasteiger partial charge in [-0.15, -0.1) is 5.10 Å². The number of nitriles is 1.